The molecule has 1 aromatic rings. The highest BCUT2D eigenvalue weighted by molar-refractivity contribution is 5.77. The van der Waals surface area contributed by atoms with Crippen LogP contribution in [-0.4, -0.2) is 31.2 Å². The molecule has 1 amide bonds. The average Bonchev–Trinajstić information content (AvgIpc) is 2.35. The summed E-state index contributed by atoms with van der Waals surface area (Å²) in [6, 6.07) is 8.19. The van der Waals surface area contributed by atoms with Gasteiger partial charge in [-0.15, -0.1) is 0 Å². The van der Waals surface area contributed by atoms with Gasteiger partial charge in [0.2, 0.25) is 5.91 Å². The average molecular weight is 262 g/mol. The summed E-state index contributed by atoms with van der Waals surface area (Å²) >= 11 is 0. The van der Waals surface area contributed by atoms with Crippen molar-refractivity contribution in [1.82, 2.24) is 10.6 Å². The Morgan fingerprint density at radius 3 is 2.58 bits per heavy atom. The highest BCUT2D eigenvalue weighted by Gasteiger charge is 2.33. The van der Waals surface area contributed by atoms with Crippen LogP contribution in [0, 0.1) is 6.92 Å². The van der Waals surface area contributed by atoms with E-state index < -0.39 is 0 Å². The predicted molar refractivity (Wildman–Crippen MR) is 75.0 cm³/mol. The van der Waals surface area contributed by atoms with Gasteiger partial charge in [-0.25, -0.2) is 0 Å². The van der Waals surface area contributed by atoms with Gasteiger partial charge in [-0.2, -0.15) is 0 Å². The van der Waals surface area contributed by atoms with E-state index in [1.165, 1.54) is 5.56 Å². The monoisotopic (exact) mass is 262 g/mol. The highest BCUT2D eigenvalue weighted by Crippen LogP contribution is 2.16. The smallest absolute Gasteiger partial charge is 0.246 e. The number of hydrogen-bond acceptors (Lipinski definition) is 3. The zero-order chi connectivity index (χ0) is 13.9. The fourth-order valence-electron chi connectivity index (χ4n) is 2.04. The third-order valence-electron chi connectivity index (χ3n) is 3.50. The molecule has 19 heavy (non-hydrogen) atoms. The van der Waals surface area contributed by atoms with E-state index in [-0.39, 0.29) is 24.2 Å². The van der Waals surface area contributed by atoms with E-state index in [2.05, 4.69) is 22.8 Å². The fraction of sp³-hybridized carbons (Fsp3) is 0.533. The summed E-state index contributed by atoms with van der Waals surface area (Å²) in [5.41, 5.74) is 2.15. The van der Waals surface area contributed by atoms with Crippen molar-refractivity contribution in [1.29, 1.82) is 0 Å². The van der Waals surface area contributed by atoms with E-state index in [9.17, 15) is 4.79 Å². The third kappa shape index (κ3) is 3.78. The topological polar surface area (TPSA) is 50.4 Å². The maximum Gasteiger partial charge on any atom is 0.246 e. The van der Waals surface area contributed by atoms with Crippen molar-refractivity contribution in [3.8, 4) is 0 Å². The van der Waals surface area contributed by atoms with Gasteiger partial charge in [0.05, 0.1) is 11.6 Å². The van der Waals surface area contributed by atoms with Crippen LogP contribution in [0.5, 0.6) is 0 Å². The van der Waals surface area contributed by atoms with Gasteiger partial charge in [0.25, 0.3) is 0 Å². The molecule has 0 aromatic heterocycles. The lowest BCUT2D eigenvalue weighted by molar-refractivity contribution is -0.136. The maximum atomic E-state index is 11.8. The van der Waals surface area contributed by atoms with E-state index in [1.54, 1.807) is 0 Å². The minimum atomic E-state index is -0.176. The van der Waals surface area contributed by atoms with Gasteiger partial charge in [0, 0.05) is 13.1 Å². The number of amides is 1. The molecule has 1 fully saturated rings. The number of hydrogen-bond donors (Lipinski definition) is 2. The highest BCUT2D eigenvalue weighted by atomic mass is 16.5. The van der Waals surface area contributed by atoms with E-state index in [0.29, 0.717) is 0 Å². The molecule has 1 aromatic carbocycles. The zero-order valence-corrected chi connectivity index (χ0v) is 11.8. The number of carbonyl (C=O) groups excluding carboxylic acids is 1. The number of aryl methyl sites for hydroxylation is 1. The lowest BCUT2D eigenvalue weighted by Gasteiger charge is -2.38. The fourth-order valence-corrected chi connectivity index (χ4v) is 2.04. The molecule has 0 saturated carbocycles. The second kappa shape index (κ2) is 5.72. The van der Waals surface area contributed by atoms with Crippen LogP contribution in [0.4, 0.5) is 0 Å². The molecule has 4 heteroatoms. The van der Waals surface area contributed by atoms with Gasteiger partial charge in [-0.05, 0) is 26.3 Å². The maximum absolute atomic E-state index is 11.8. The van der Waals surface area contributed by atoms with Crippen LogP contribution in [0.3, 0.4) is 0 Å². The van der Waals surface area contributed by atoms with Crippen molar-refractivity contribution < 1.29 is 9.53 Å². The van der Waals surface area contributed by atoms with E-state index >= 15 is 0 Å². The first-order chi connectivity index (χ1) is 8.98. The Balaban J connectivity index is 1.79. The van der Waals surface area contributed by atoms with E-state index in [4.69, 9.17) is 4.74 Å². The summed E-state index contributed by atoms with van der Waals surface area (Å²) in [5, 5.41) is 6.09. The molecule has 1 saturated heterocycles. The number of benzene rings is 1. The van der Waals surface area contributed by atoms with Gasteiger partial charge >= 0.3 is 0 Å². The molecule has 104 valence electrons. The van der Waals surface area contributed by atoms with E-state index in [0.717, 1.165) is 18.7 Å². The first-order valence-corrected chi connectivity index (χ1v) is 6.69. The minimum absolute atomic E-state index is 0.00372. The van der Waals surface area contributed by atoms with Gasteiger partial charge in [-0.3, -0.25) is 4.79 Å². The van der Waals surface area contributed by atoms with Crippen LogP contribution in [0.25, 0.3) is 0 Å². The number of ether oxygens (including phenoxy) is 1. The van der Waals surface area contributed by atoms with Crippen LogP contribution < -0.4 is 10.6 Å². The zero-order valence-electron chi connectivity index (χ0n) is 11.8. The summed E-state index contributed by atoms with van der Waals surface area (Å²) in [5.74, 6) is -0.0683. The predicted octanol–water partition coefficient (Wildman–Crippen LogP) is 1.55. The molecule has 1 heterocycles. The van der Waals surface area contributed by atoms with Crippen LogP contribution in [0.15, 0.2) is 24.3 Å². The van der Waals surface area contributed by atoms with E-state index in [1.807, 2.05) is 32.9 Å². The summed E-state index contributed by atoms with van der Waals surface area (Å²) in [6.07, 6.45) is 0. The van der Waals surface area contributed by atoms with Crippen molar-refractivity contribution >= 4 is 5.91 Å². The van der Waals surface area contributed by atoms with Crippen molar-refractivity contribution in [2.24, 2.45) is 0 Å². The molecule has 0 radical (unpaired) electrons. The van der Waals surface area contributed by atoms with Crippen molar-refractivity contribution in [3.63, 3.8) is 0 Å². The molecule has 0 spiro atoms. The summed E-state index contributed by atoms with van der Waals surface area (Å²) in [7, 11) is 0. The van der Waals surface area contributed by atoms with Crippen LogP contribution >= 0.6 is 0 Å². The molecule has 2 N–H and O–H groups in total. The first-order valence-electron chi connectivity index (χ1n) is 6.69. The van der Waals surface area contributed by atoms with Gasteiger partial charge in [0.15, 0.2) is 0 Å². The molecule has 1 atom stereocenters. The largest absolute Gasteiger partial charge is 0.363 e. The molecular weight excluding hydrogens is 240 g/mol. The van der Waals surface area contributed by atoms with Crippen LogP contribution in [0.2, 0.25) is 0 Å². The molecular formula is C15H22N2O2. The number of carbonyl (C=O) groups is 1. The number of rotatable bonds is 5. The van der Waals surface area contributed by atoms with Crippen molar-refractivity contribution in [3.05, 3.63) is 35.4 Å². The molecule has 0 unspecified atom stereocenters. The lowest BCUT2D eigenvalue weighted by Crippen LogP contribution is -2.59. The van der Waals surface area contributed by atoms with Crippen molar-refractivity contribution in [2.45, 2.75) is 32.4 Å². The molecule has 0 bridgehead atoms. The van der Waals surface area contributed by atoms with Crippen molar-refractivity contribution in [2.75, 3.05) is 19.7 Å². The van der Waals surface area contributed by atoms with Crippen LogP contribution in [-0.2, 0) is 9.53 Å². The Morgan fingerprint density at radius 1 is 1.42 bits per heavy atom. The second-order valence-electron chi connectivity index (χ2n) is 5.54. The first kappa shape index (κ1) is 14.0. The molecule has 4 nitrogen and oxygen atoms in total. The molecule has 1 aliphatic rings. The Labute approximate surface area is 114 Å². The van der Waals surface area contributed by atoms with Gasteiger partial charge < -0.3 is 15.4 Å². The Bertz CT molecular complexity index is 438. The normalized spacial score (nSPS) is 18.5. The van der Waals surface area contributed by atoms with Gasteiger partial charge in [-0.1, -0.05) is 29.8 Å². The van der Waals surface area contributed by atoms with Gasteiger partial charge in [0.1, 0.15) is 6.61 Å². The summed E-state index contributed by atoms with van der Waals surface area (Å²) in [4.78, 5) is 11.8. The molecule has 2 rings (SSSR count). The second-order valence-corrected chi connectivity index (χ2v) is 5.54. The minimum Gasteiger partial charge on any atom is -0.363 e. The lowest BCUT2D eigenvalue weighted by atomic mass is 10.0. The SMILES string of the molecule is Cc1ccc([C@H](C)NC(=O)COC2(C)CNC2)cc1. The summed E-state index contributed by atoms with van der Waals surface area (Å²) < 4.78 is 5.61. The van der Waals surface area contributed by atoms with Crippen LogP contribution in [0.1, 0.15) is 31.0 Å². The molecule has 0 aliphatic carbocycles. The number of nitrogens with one attached hydrogen (secondary N) is 2. The Hall–Kier alpha value is -1.39. The third-order valence-corrected chi connectivity index (χ3v) is 3.50. The summed E-state index contributed by atoms with van der Waals surface area (Å²) in [6.45, 7) is 7.79. The Morgan fingerprint density at radius 2 is 2.05 bits per heavy atom. The molecule has 1 aliphatic heterocycles. The standard InChI is InChI=1S/C15H22N2O2/c1-11-4-6-13(7-5-11)12(2)17-14(18)8-19-15(3)9-16-10-15/h4-7,12,16H,8-10H2,1-3H3,(H,17,18)/t12-/m0/s1. The quantitative estimate of drug-likeness (QED) is 0.846. The Kier molecular flexibility index (Phi) is 4.22.